The molecule has 1 atom stereocenters. The molecule has 33 heavy (non-hydrogen) atoms. The lowest BCUT2D eigenvalue weighted by Crippen LogP contribution is -2.44. The maximum Gasteiger partial charge on any atom is 0.326 e. The topological polar surface area (TPSA) is 126 Å². The molecule has 1 aliphatic rings. The monoisotopic (exact) mass is 446 g/mol. The minimum absolute atomic E-state index is 0.118. The lowest BCUT2D eigenvalue weighted by molar-refractivity contribution is -0.142. The fourth-order valence-electron chi connectivity index (χ4n) is 4.26. The molecule has 0 aliphatic carbocycles. The van der Waals surface area contributed by atoms with E-state index in [1.165, 1.54) is 0 Å². The Morgan fingerprint density at radius 2 is 2.06 bits per heavy atom. The fraction of sp³-hybridized carbons (Fsp3) is 0.250. The highest BCUT2D eigenvalue weighted by Crippen LogP contribution is 2.21. The summed E-state index contributed by atoms with van der Waals surface area (Å²) >= 11 is 0. The second kappa shape index (κ2) is 8.42. The van der Waals surface area contributed by atoms with Crippen LogP contribution in [0.5, 0.6) is 5.75 Å². The number of aromatic nitrogens is 3. The van der Waals surface area contributed by atoms with E-state index in [2.05, 4.69) is 15.3 Å². The molecule has 0 bridgehead atoms. The molecule has 0 saturated carbocycles. The van der Waals surface area contributed by atoms with Crippen LogP contribution >= 0.6 is 0 Å². The molecule has 0 fully saturated rings. The highest BCUT2D eigenvalue weighted by molar-refractivity contribution is 5.87. The largest absolute Gasteiger partial charge is 0.484 e. The number of rotatable bonds is 7. The molecule has 5 rings (SSSR count). The van der Waals surface area contributed by atoms with Crippen LogP contribution in [0.1, 0.15) is 17.8 Å². The molecular weight excluding hydrogens is 424 g/mol. The minimum Gasteiger partial charge on any atom is -0.484 e. The summed E-state index contributed by atoms with van der Waals surface area (Å²) < 4.78 is 7.22. The number of H-pyrrole nitrogens is 1. The summed E-state index contributed by atoms with van der Waals surface area (Å²) in [6, 6.07) is 11.4. The van der Waals surface area contributed by atoms with Crippen LogP contribution in [0.3, 0.4) is 0 Å². The zero-order chi connectivity index (χ0) is 22.9. The molecule has 1 aliphatic heterocycles. The number of ether oxygens (including phenoxy) is 1. The third kappa shape index (κ3) is 4.05. The maximum absolute atomic E-state index is 12.7. The number of carbonyl (C=O) groups excluding carboxylic acids is 1. The number of carboxylic acids is 1. The summed E-state index contributed by atoms with van der Waals surface area (Å²) in [4.78, 5) is 44.5. The van der Waals surface area contributed by atoms with Crippen LogP contribution < -0.4 is 15.6 Å². The molecule has 0 unspecified atom stereocenters. The number of hydrogen-bond donors (Lipinski definition) is 3. The Kier molecular flexibility index (Phi) is 5.29. The minimum atomic E-state index is -1.13. The highest BCUT2D eigenvalue weighted by atomic mass is 16.5. The number of amides is 1. The first-order chi connectivity index (χ1) is 16.0. The first-order valence-corrected chi connectivity index (χ1v) is 10.7. The maximum atomic E-state index is 12.7. The third-order valence-corrected chi connectivity index (χ3v) is 5.89. The van der Waals surface area contributed by atoms with Gasteiger partial charge in [0.1, 0.15) is 17.6 Å². The van der Waals surface area contributed by atoms with E-state index in [4.69, 9.17) is 4.74 Å². The van der Waals surface area contributed by atoms with Gasteiger partial charge in [0.15, 0.2) is 6.61 Å². The van der Waals surface area contributed by atoms with Gasteiger partial charge in [0.05, 0.1) is 10.9 Å². The van der Waals surface area contributed by atoms with E-state index in [0.717, 1.165) is 35.1 Å². The van der Waals surface area contributed by atoms with E-state index in [1.54, 1.807) is 29.0 Å². The SMILES string of the molecule is O=C(COc1ccc2nc3n(c(=O)c2c1)CCC3)N[C@H](Cc1c[nH]c2ccccc12)C(=O)O. The predicted molar refractivity (Wildman–Crippen MR) is 121 cm³/mol. The fourth-order valence-corrected chi connectivity index (χ4v) is 4.26. The summed E-state index contributed by atoms with van der Waals surface area (Å²) in [7, 11) is 0. The standard InChI is InChI=1S/C24H22N4O5/c29-22(27-20(24(31)32)10-14-12-25-18-5-2-1-4-16(14)18)13-33-15-7-8-19-17(11-15)23(30)28-9-3-6-21(28)26-19/h1-2,4-5,7-8,11-12,20,25H,3,6,9-10,13H2,(H,27,29)(H,31,32)/t20-/m1/s1. The zero-order valence-corrected chi connectivity index (χ0v) is 17.7. The van der Waals surface area contributed by atoms with Crippen LogP contribution in [-0.2, 0) is 29.0 Å². The molecule has 2 aromatic heterocycles. The van der Waals surface area contributed by atoms with Crippen LogP contribution in [0.4, 0.5) is 0 Å². The number of nitrogens with one attached hydrogen (secondary N) is 2. The Labute approximate surface area is 188 Å². The average Bonchev–Trinajstić information content (AvgIpc) is 3.45. The number of carbonyl (C=O) groups is 2. The number of carboxylic acid groups (broad SMARTS) is 1. The summed E-state index contributed by atoms with van der Waals surface area (Å²) in [5.74, 6) is -0.563. The van der Waals surface area contributed by atoms with E-state index in [9.17, 15) is 19.5 Å². The second-order valence-electron chi connectivity index (χ2n) is 8.08. The molecule has 3 heterocycles. The van der Waals surface area contributed by atoms with Gasteiger partial charge in [-0.1, -0.05) is 18.2 Å². The average molecular weight is 446 g/mol. The molecule has 2 aromatic carbocycles. The Hall–Kier alpha value is -4.14. The normalized spacial score (nSPS) is 13.7. The van der Waals surface area contributed by atoms with Gasteiger partial charge < -0.3 is 20.1 Å². The van der Waals surface area contributed by atoms with Gasteiger partial charge in [-0.3, -0.25) is 14.2 Å². The highest BCUT2D eigenvalue weighted by Gasteiger charge is 2.22. The lowest BCUT2D eigenvalue weighted by Gasteiger charge is -2.15. The van der Waals surface area contributed by atoms with Crippen molar-refractivity contribution in [2.24, 2.45) is 0 Å². The van der Waals surface area contributed by atoms with Gasteiger partial charge in [0, 0.05) is 36.5 Å². The Morgan fingerprint density at radius 1 is 1.21 bits per heavy atom. The van der Waals surface area contributed by atoms with E-state index >= 15 is 0 Å². The Bertz CT molecular complexity index is 1440. The van der Waals surface area contributed by atoms with Crippen LogP contribution in [0.25, 0.3) is 21.8 Å². The van der Waals surface area contributed by atoms with Crippen LogP contribution in [0.15, 0.2) is 53.5 Å². The first-order valence-electron chi connectivity index (χ1n) is 10.7. The van der Waals surface area contributed by atoms with Crippen molar-refractivity contribution in [1.29, 1.82) is 0 Å². The van der Waals surface area contributed by atoms with Crippen molar-refractivity contribution in [3.63, 3.8) is 0 Å². The summed E-state index contributed by atoms with van der Waals surface area (Å²) in [5.41, 5.74) is 2.18. The molecule has 0 spiro atoms. The van der Waals surface area contributed by atoms with Gasteiger partial charge in [-0.2, -0.15) is 0 Å². The lowest BCUT2D eigenvalue weighted by atomic mass is 10.1. The number of aromatic amines is 1. The number of aliphatic carboxylic acids is 1. The predicted octanol–water partition coefficient (Wildman–Crippen LogP) is 2.01. The van der Waals surface area contributed by atoms with Crippen molar-refractivity contribution >= 4 is 33.7 Å². The molecule has 9 nitrogen and oxygen atoms in total. The number of fused-ring (bicyclic) bond motifs is 3. The van der Waals surface area contributed by atoms with Crippen molar-refractivity contribution in [2.75, 3.05) is 6.61 Å². The number of hydrogen-bond acceptors (Lipinski definition) is 5. The zero-order valence-electron chi connectivity index (χ0n) is 17.7. The van der Waals surface area contributed by atoms with Gasteiger partial charge in [-0.05, 0) is 36.2 Å². The summed E-state index contributed by atoms with van der Waals surface area (Å²) in [5, 5.41) is 13.5. The van der Waals surface area contributed by atoms with Crippen molar-refractivity contribution in [2.45, 2.75) is 31.8 Å². The van der Waals surface area contributed by atoms with E-state index in [1.807, 2.05) is 24.3 Å². The van der Waals surface area contributed by atoms with Crippen LogP contribution in [0.2, 0.25) is 0 Å². The molecule has 3 N–H and O–H groups in total. The quantitative estimate of drug-likeness (QED) is 0.399. The van der Waals surface area contributed by atoms with Crippen molar-refractivity contribution in [3.8, 4) is 5.75 Å². The van der Waals surface area contributed by atoms with Gasteiger partial charge in [0.25, 0.3) is 11.5 Å². The molecule has 9 heteroatoms. The Morgan fingerprint density at radius 3 is 2.91 bits per heavy atom. The van der Waals surface area contributed by atoms with Crippen molar-refractivity contribution < 1.29 is 19.4 Å². The number of nitrogens with zero attached hydrogens (tertiary/aromatic N) is 2. The number of benzene rings is 2. The third-order valence-electron chi connectivity index (χ3n) is 5.89. The first kappa shape index (κ1) is 20.7. The molecule has 4 aromatic rings. The van der Waals surface area contributed by atoms with Gasteiger partial charge in [0.2, 0.25) is 0 Å². The van der Waals surface area contributed by atoms with Gasteiger partial charge in [-0.25, -0.2) is 9.78 Å². The Balaban J connectivity index is 1.26. The van der Waals surface area contributed by atoms with Crippen LogP contribution in [-0.4, -0.2) is 44.2 Å². The molecule has 1 amide bonds. The van der Waals surface area contributed by atoms with E-state index in [0.29, 0.717) is 23.2 Å². The second-order valence-corrected chi connectivity index (χ2v) is 8.08. The molecule has 0 radical (unpaired) electrons. The van der Waals surface area contributed by atoms with Crippen molar-refractivity contribution in [3.05, 3.63) is 70.4 Å². The number of para-hydroxylation sites is 1. The molecular formula is C24H22N4O5. The van der Waals surface area contributed by atoms with Gasteiger partial charge in [-0.15, -0.1) is 0 Å². The van der Waals surface area contributed by atoms with E-state index in [-0.39, 0.29) is 18.6 Å². The van der Waals surface area contributed by atoms with E-state index < -0.39 is 17.9 Å². The van der Waals surface area contributed by atoms with Crippen LogP contribution in [0, 0.1) is 0 Å². The smallest absolute Gasteiger partial charge is 0.326 e. The number of aryl methyl sites for hydroxylation is 1. The molecule has 0 saturated heterocycles. The van der Waals surface area contributed by atoms with Crippen molar-refractivity contribution in [1.82, 2.24) is 19.9 Å². The summed E-state index contributed by atoms with van der Waals surface area (Å²) in [6.45, 7) is 0.278. The summed E-state index contributed by atoms with van der Waals surface area (Å²) in [6.07, 6.45) is 3.56. The molecule has 168 valence electrons. The van der Waals surface area contributed by atoms with Gasteiger partial charge >= 0.3 is 5.97 Å².